The molecule has 0 unspecified atom stereocenters. The first-order valence-electron chi connectivity index (χ1n) is 10.8. The monoisotopic (exact) mass is 439 g/mol. The molecule has 7 nitrogen and oxygen atoms in total. The van der Waals surface area contributed by atoms with Crippen molar-refractivity contribution in [2.75, 3.05) is 49.6 Å². The van der Waals surface area contributed by atoms with Gasteiger partial charge in [0.25, 0.3) is 5.91 Å². The molecular formula is C23H29N5O2S. The highest BCUT2D eigenvalue weighted by molar-refractivity contribution is 7.20. The summed E-state index contributed by atoms with van der Waals surface area (Å²) in [6, 6.07) is 8.13. The van der Waals surface area contributed by atoms with Crippen LogP contribution in [0.15, 0.2) is 30.6 Å². The number of rotatable bonds is 7. The average molecular weight is 440 g/mol. The van der Waals surface area contributed by atoms with Gasteiger partial charge < -0.3 is 19.9 Å². The molecule has 0 radical (unpaired) electrons. The number of nitrogens with zero attached hydrogens (tertiary/aromatic N) is 4. The summed E-state index contributed by atoms with van der Waals surface area (Å²) in [5, 5.41) is 4.03. The van der Waals surface area contributed by atoms with Crippen molar-refractivity contribution < 1.29 is 9.53 Å². The number of aryl methyl sites for hydroxylation is 1. The topological polar surface area (TPSA) is 70.6 Å². The molecule has 1 aromatic carbocycles. The van der Waals surface area contributed by atoms with Gasteiger partial charge in [-0.15, -0.1) is 11.3 Å². The van der Waals surface area contributed by atoms with E-state index in [0.29, 0.717) is 6.54 Å². The molecule has 0 atom stereocenters. The first-order valence-corrected chi connectivity index (χ1v) is 11.6. The Morgan fingerprint density at radius 2 is 1.90 bits per heavy atom. The quantitative estimate of drug-likeness (QED) is 0.564. The summed E-state index contributed by atoms with van der Waals surface area (Å²) in [6.07, 6.45) is 3.65. The average Bonchev–Trinajstić information content (AvgIpc) is 3.16. The molecule has 1 N–H and O–H groups in total. The van der Waals surface area contributed by atoms with Crippen LogP contribution < -0.4 is 19.9 Å². The highest BCUT2D eigenvalue weighted by Crippen LogP contribution is 2.36. The lowest BCUT2D eigenvalue weighted by Crippen LogP contribution is -2.47. The van der Waals surface area contributed by atoms with Crippen molar-refractivity contribution >= 4 is 39.0 Å². The number of carbonyl (C=O) groups is 1. The highest BCUT2D eigenvalue weighted by atomic mass is 32.1. The van der Waals surface area contributed by atoms with E-state index in [1.54, 1.807) is 13.4 Å². The standard InChI is InChI=1S/C23H29N5O2S/c1-4-5-10-24-22(29)20-16(2)19-21(25-15-26-23(19)31-20)28-13-11-27(12-14-28)17-8-6-7-9-18(17)30-3/h6-9,15H,4-5,10-14H2,1-3H3,(H,24,29). The minimum Gasteiger partial charge on any atom is -0.495 e. The Labute approximate surface area is 187 Å². The normalized spacial score (nSPS) is 14.2. The molecular weight excluding hydrogens is 410 g/mol. The summed E-state index contributed by atoms with van der Waals surface area (Å²) in [4.78, 5) is 28.0. The number of anilines is 2. The van der Waals surface area contributed by atoms with Crippen LogP contribution in [0.2, 0.25) is 0 Å². The van der Waals surface area contributed by atoms with Crippen LogP contribution >= 0.6 is 11.3 Å². The highest BCUT2D eigenvalue weighted by Gasteiger charge is 2.25. The van der Waals surface area contributed by atoms with Crippen LogP contribution in [0.1, 0.15) is 35.0 Å². The van der Waals surface area contributed by atoms with Crippen molar-refractivity contribution in [3.63, 3.8) is 0 Å². The molecule has 3 heterocycles. The van der Waals surface area contributed by atoms with E-state index in [1.165, 1.54) is 11.3 Å². The van der Waals surface area contributed by atoms with Crippen molar-refractivity contribution in [3.8, 4) is 5.75 Å². The zero-order valence-electron chi connectivity index (χ0n) is 18.4. The molecule has 1 aliphatic heterocycles. The van der Waals surface area contributed by atoms with Crippen LogP contribution in [0.5, 0.6) is 5.75 Å². The Hall–Kier alpha value is -2.87. The first-order chi connectivity index (χ1) is 15.1. The molecule has 0 spiro atoms. The van der Waals surface area contributed by atoms with Crippen LogP contribution in [0, 0.1) is 6.92 Å². The number of unbranched alkanes of at least 4 members (excludes halogenated alkanes) is 1. The SMILES string of the molecule is CCCCNC(=O)c1sc2ncnc(N3CCN(c4ccccc4OC)CC3)c2c1C. The Kier molecular flexibility index (Phi) is 6.56. The number of carbonyl (C=O) groups excluding carboxylic acids is 1. The number of ether oxygens (including phenoxy) is 1. The number of aromatic nitrogens is 2. The summed E-state index contributed by atoms with van der Waals surface area (Å²) in [5.41, 5.74) is 2.09. The van der Waals surface area contributed by atoms with Gasteiger partial charge in [-0.3, -0.25) is 4.79 Å². The van der Waals surface area contributed by atoms with Gasteiger partial charge in [-0.1, -0.05) is 25.5 Å². The predicted octanol–water partition coefficient (Wildman–Crippen LogP) is 3.86. The zero-order valence-corrected chi connectivity index (χ0v) is 19.2. The van der Waals surface area contributed by atoms with Crippen LogP contribution in [0.4, 0.5) is 11.5 Å². The van der Waals surface area contributed by atoms with Crippen molar-refractivity contribution in [2.45, 2.75) is 26.7 Å². The van der Waals surface area contributed by atoms with E-state index >= 15 is 0 Å². The summed E-state index contributed by atoms with van der Waals surface area (Å²) in [6.45, 7) is 8.26. The lowest BCUT2D eigenvalue weighted by molar-refractivity contribution is 0.0956. The summed E-state index contributed by atoms with van der Waals surface area (Å²) in [5.74, 6) is 1.81. The van der Waals surface area contributed by atoms with E-state index in [1.807, 2.05) is 25.1 Å². The second-order valence-corrected chi connectivity index (χ2v) is 8.69. The van der Waals surface area contributed by atoms with Gasteiger partial charge in [0.2, 0.25) is 0 Å². The maximum atomic E-state index is 12.7. The molecule has 1 saturated heterocycles. The third kappa shape index (κ3) is 4.30. The van der Waals surface area contributed by atoms with Gasteiger partial charge in [0.1, 0.15) is 22.7 Å². The fourth-order valence-electron chi connectivity index (χ4n) is 4.02. The van der Waals surface area contributed by atoms with E-state index in [-0.39, 0.29) is 5.91 Å². The summed E-state index contributed by atoms with van der Waals surface area (Å²) < 4.78 is 5.53. The number of hydrogen-bond donors (Lipinski definition) is 1. The maximum absolute atomic E-state index is 12.7. The number of para-hydroxylation sites is 2. The van der Waals surface area contributed by atoms with Crippen molar-refractivity contribution in [2.24, 2.45) is 0 Å². The molecule has 0 saturated carbocycles. The van der Waals surface area contributed by atoms with E-state index in [2.05, 4.69) is 38.1 Å². The molecule has 8 heteroatoms. The van der Waals surface area contributed by atoms with Gasteiger partial charge in [0.05, 0.1) is 23.1 Å². The number of benzene rings is 1. The van der Waals surface area contributed by atoms with Gasteiger partial charge in [0, 0.05) is 32.7 Å². The van der Waals surface area contributed by atoms with Crippen LogP contribution in [0.3, 0.4) is 0 Å². The largest absolute Gasteiger partial charge is 0.495 e. The van der Waals surface area contributed by atoms with Gasteiger partial charge in [0.15, 0.2) is 0 Å². The van der Waals surface area contributed by atoms with Crippen molar-refractivity contribution in [3.05, 3.63) is 41.0 Å². The molecule has 31 heavy (non-hydrogen) atoms. The van der Waals surface area contributed by atoms with E-state index in [9.17, 15) is 4.79 Å². The Morgan fingerprint density at radius 1 is 1.16 bits per heavy atom. The molecule has 3 aromatic rings. The number of amides is 1. The third-order valence-electron chi connectivity index (χ3n) is 5.73. The van der Waals surface area contributed by atoms with Crippen LogP contribution in [-0.2, 0) is 0 Å². The lowest BCUT2D eigenvalue weighted by atomic mass is 10.1. The molecule has 4 rings (SSSR count). The fraction of sp³-hybridized carbons (Fsp3) is 0.435. The number of fused-ring (bicyclic) bond motifs is 1. The molecule has 0 aliphatic carbocycles. The molecule has 1 amide bonds. The molecule has 0 bridgehead atoms. The number of nitrogens with one attached hydrogen (secondary N) is 1. The van der Waals surface area contributed by atoms with Crippen LogP contribution in [0.25, 0.3) is 10.2 Å². The second kappa shape index (κ2) is 9.51. The minimum absolute atomic E-state index is 0.0131. The number of piperazine rings is 1. The van der Waals surface area contributed by atoms with E-state index in [4.69, 9.17) is 4.74 Å². The maximum Gasteiger partial charge on any atom is 0.261 e. The van der Waals surface area contributed by atoms with Gasteiger partial charge in [-0.25, -0.2) is 9.97 Å². The lowest BCUT2D eigenvalue weighted by Gasteiger charge is -2.37. The molecule has 164 valence electrons. The van der Waals surface area contributed by atoms with Gasteiger partial charge in [-0.2, -0.15) is 0 Å². The number of methoxy groups -OCH3 is 1. The van der Waals surface area contributed by atoms with E-state index in [0.717, 1.165) is 76.9 Å². The molecule has 1 aliphatic rings. The Bertz CT molecular complexity index is 1060. The predicted molar refractivity (Wildman–Crippen MR) is 127 cm³/mol. The summed E-state index contributed by atoms with van der Waals surface area (Å²) in [7, 11) is 1.71. The first kappa shape index (κ1) is 21.4. The fourth-order valence-corrected chi connectivity index (χ4v) is 5.08. The Morgan fingerprint density at radius 3 is 2.65 bits per heavy atom. The number of hydrogen-bond acceptors (Lipinski definition) is 7. The van der Waals surface area contributed by atoms with Crippen molar-refractivity contribution in [1.82, 2.24) is 15.3 Å². The molecule has 2 aromatic heterocycles. The Balaban J connectivity index is 1.54. The van der Waals surface area contributed by atoms with Crippen LogP contribution in [-0.4, -0.2) is 55.7 Å². The van der Waals surface area contributed by atoms with E-state index < -0.39 is 0 Å². The number of thiophene rings is 1. The third-order valence-corrected chi connectivity index (χ3v) is 6.93. The second-order valence-electron chi connectivity index (χ2n) is 7.69. The summed E-state index contributed by atoms with van der Waals surface area (Å²) >= 11 is 1.45. The minimum atomic E-state index is -0.0131. The van der Waals surface area contributed by atoms with Gasteiger partial charge in [-0.05, 0) is 31.0 Å². The zero-order chi connectivity index (χ0) is 21.8. The smallest absolute Gasteiger partial charge is 0.261 e. The molecule has 1 fully saturated rings. The van der Waals surface area contributed by atoms with Crippen molar-refractivity contribution in [1.29, 1.82) is 0 Å². The van der Waals surface area contributed by atoms with Gasteiger partial charge >= 0.3 is 0 Å².